The zero-order valence-corrected chi connectivity index (χ0v) is 12.2. The largest absolute Gasteiger partial charge is 0.491 e. The van der Waals surface area contributed by atoms with Crippen molar-refractivity contribution >= 4 is 0 Å². The predicted octanol–water partition coefficient (Wildman–Crippen LogP) is 2.79. The van der Waals surface area contributed by atoms with E-state index in [0.717, 1.165) is 37.4 Å². The Morgan fingerprint density at radius 2 is 2.11 bits per heavy atom. The topological polar surface area (TPSA) is 56.5 Å². The van der Waals surface area contributed by atoms with Gasteiger partial charge in [-0.05, 0) is 51.3 Å². The van der Waals surface area contributed by atoms with Crippen LogP contribution in [0.3, 0.4) is 0 Å². The van der Waals surface area contributed by atoms with Crippen LogP contribution in [0.4, 0.5) is 0 Å². The van der Waals surface area contributed by atoms with E-state index in [1.54, 1.807) is 0 Å². The highest BCUT2D eigenvalue weighted by molar-refractivity contribution is 5.30. The van der Waals surface area contributed by atoms with Crippen LogP contribution in [0.25, 0.3) is 0 Å². The Morgan fingerprint density at radius 3 is 2.74 bits per heavy atom. The quantitative estimate of drug-likeness (QED) is 0.410. The average Bonchev–Trinajstić information content (AvgIpc) is 2.38. The minimum atomic E-state index is 0.135. The summed E-state index contributed by atoms with van der Waals surface area (Å²) in [7, 11) is 0. The van der Waals surface area contributed by atoms with Gasteiger partial charge in [-0.2, -0.15) is 0 Å². The molecule has 3 N–H and O–H groups in total. The van der Waals surface area contributed by atoms with Gasteiger partial charge in [0.1, 0.15) is 5.75 Å². The molecule has 0 saturated heterocycles. The van der Waals surface area contributed by atoms with Crippen LogP contribution in [0, 0.1) is 0 Å². The molecule has 0 aromatic heterocycles. The van der Waals surface area contributed by atoms with Crippen LogP contribution in [-0.4, -0.2) is 19.3 Å². The molecule has 19 heavy (non-hydrogen) atoms. The molecule has 1 unspecified atom stereocenters. The van der Waals surface area contributed by atoms with Crippen LogP contribution >= 0.6 is 0 Å². The smallest absolute Gasteiger partial charge is 0.120 e. The van der Waals surface area contributed by atoms with Crippen molar-refractivity contribution < 1.29 is 9.47 Å². The van der Waals surface area contributed by atoms with Crippen molar-refractivity contribution in [2.75, 3.05) is 13.2 Å². The van der Waals surface area contributed by atoms with Crippen LogP contribution in [0.5, 0.6) is 5.75 Å². The Bertz CT molecular complexity index is 356. The molecule has 0 aliphatic heterocycles. The fraction of sp³-hybridized carbons (Fsp3) is 0.600. The van der Waals surface area contributed by atoms with Crippen molar-refractivity contribution in [3.8, 4) is 5.75 Å². The van der Waals surface area contributed by atoms with Crippen molar-refractivity contribution in [1.82, 2.24) is 5.43 Å². The molecule has 0 aliphatic rings. The molecule has 0 saturated carbocycles. The Labute approximate surface area is 116 Å². The average molecular weight is 266 g/mol. The summed E-state index contributed by atoms with van der Waals surface area (Å²) < 4.78 is 11.0. The third kappa shape index (κ3) is 6.05. The van der Waals surface area contributed by atoms with Crippen LogP contribution in [-0.2, 0) is 4.74 Å². The summed E-state index contributed by atoms with van der Waals surface area (Å²) in [5.41, 5.74) is 4.01. The highest BCUT2D eigenvalue weighted by Gasteiger charge is 2.10. The van der Waals surface area contributed by atoms with Gasteiger partial charge in [-0.1, -0.05) is 12.1 Å². The third-order valence-corrected chi connectivity index (χ3v) is 2.82. The molecule has 0 spiro atoms. The van der Waals surface area contributed by atoms with Crippen molar-refractivity contribution in [3.63, 3.8) is 0 Å². The summed E-state index contributed by atoms with van der Waals surface area (Å²) >= 11 is 0. The minimum absolute atomic E-state index is 0.135. The summed E-state index contributed by atoms with van der Waals surface area (Å²) in [5.74, 6) is 6.53. The summed E-state index contributed by atoms with van der Waals surface area (Å²) in [6, 6.07) is 8.22. The summed E-state index contributed by atoms with van der Waals surface area (Å²) in [6.45, 7) is 7.58. The van der Waals surface area contributed by atoms with Gasteiger partial charge in [0.25, 0.3) is 0 Å². The lowest BCUT2D eigenvalue weighted by atomic mass is 10.0. The van der Waals surface area contributed by atoms with Crippen molar-refractivity contribution in [3.05, 3.63) is 29.8 Å². The van der Waals surface area contributed by atoms with Crippen LogP contribution < -0.4 is 16.0 Å². The van der Waals surface area contributed by atoms with Gasteiger partial charge in [0.05, 0.1) is 6.10 Å². The van der Waals surface area contributed by atoms with E-state index in [1.807, 2.05) is 39.0 Å². The first kappa shape index (κ1) is 16.0. The molecule has 0 heterocycles. The Morgan fingerprint density at radius 1 is 1.32 bits per heavy atom. The van der Waals surface area contributed by atoms with Gasteiger partial charge in [-0.15, -0.1) is 0 Å². The normalized spacial score (nSPS) is 12.7. The lowest BCUT2D eigenvalue weighted by Gasteiger charge is -2.18. The highest BCUT2D eigenvalue weighted by atomic mass is 16.5. The second kappa shape index (κ2) is 8.91. The molecule has 108 valence electrons. The molecule has 0 bridgehead atoms. The summed E-state index contributed by atoms with van der Waals surface area (Å²) in [4.78, 5) is 0. The first-order valence-electron chi connectivity index (χ1n) is 6.97. The SMILES string of the molecule is CCOCCCC(NN)c1cccc(OC(C)C)c1. The molecule has 1 atom stereocenters. The van der Waals surface area contributed by atoms with Gasteiger partial charge in [0, 0.05) is 19.3 Å². The molecule has 0 amide bonds. The molecule has 4 nitrogen and oxygen atoms in total. The number of hydrazine groups is 1. The van der Waals surface area contributed by atoms with E-state index in [0.29, 0.717) is 0 Å². The van der Waals surface area contributed by atoms with Crippen LogP contribution in [0.2, 0.25) is 0 Å². The van der Waals surface area contributed by atoms with Gasteiger partial charge in [-0.25, -0.2) is 0 Å². The van der Waals surface area contributed by atoms with Gasteiger partial charge in [0.15, 0.2) is 0 Å². The van der Waals surface area contributed by atoms with Crippen molar-refractivity contribution in [2.24, 2.45) is 5.84 Å². The molecule has 1 aromatic carbocycles. The van der Waals surface area contributed by atoms with Crippen LogP contribution in [0.1, 0.15) is 45.2 Å². The monoisotopic (exact) mass is 266 g/mol. The molecule has 0 aliphatic carbocycles. The maximum absolute atomic E-state index is 5.70. The fourth-order valence-corrected chi connectivity index (χ4v) is 1.96. The number of ether oxygens (including phenoxy) is 2. The van der Waals surface area contributed by atoms with Gasteiger partial charge >= 0.3 is 0 Å². The standard InChI is InChI=1S/C15H26N2O2/c1-4-18-10-6-9-15(17-16)13-7-5-8-14(11-13)19-12(2)3/h5,7-8,11-12,15,17H,4,6,9-10,16H2,1-3H3. The summed E-state index contributed by atoms with van der Waals surface area (Å²) in [5, 5.41) is 0. The molecule has 0 radical (unpaired) electrons. The van der Waals surface area contributed by atoms with Crippen molar-refractivity contribution in [2.45, 2.75) is 45.8 Å². The minimum Gasteiger partial charge on any atom is -0.491 e. The van der Waals surface area contributed by atoms with Gasteiger partial charge < -0.3 is 9.47 Å². The van der Waals surface area contributed by atoms with E-state index in [4.69, 9.17) is 15.3 Å². The van der Waals surface area contributed by atoms with E-state index in [1.165, 1.54) is 0 Å². The van der Waals surface area contributed by atoms with Gasteiger partial charge in [-0.3, -0.25) is 11.3 Å². The van der Waals surface area contributed by atoms with E-state index in [-0.39, 0.29) is 12.1 Å². The highest BCUT2D eigenvalue weighted by Crippen LogP contribution is 2.23. The number of hydrogen-bond acceptors (Lipinski definition) is 4. The lowest BCUT2D eigenvalue weighted by Crippen LogP contribution is -2.28. The molecule has 1 aromatic rings. The maximum Gasteiger partial charge on any atom is 0.120 e. The fourth-order valence-electron chi connectivity index (χ4n) is 1.96. The second-order valence-electron chi connectivity index (χ2n) is 4.80. The number of nitrogens with two attached hydrogens (primary N) is 1. The zero-order valence-electron chi connectivity index (χ0n) is 12.2. The van der Waals surface area contributed by atoms with E-state index < -0.39 is 0 Å². The first-order chi connectivity index (χ1) is 9.17. The van der Waals surface area contributed by atoms with E-state index in [9.17, 15) is 0 Å². The predicted molar refractivity (Wildman–Crippen MR) is 78.0 cm³/mol. The molecular formula is C15H26N2O2. The Balaban J connectivity index is 2.59. The number of rotatable bonds is 9. The Hall–Kier alpha value is -1.10. The van der Waals surface area contributed by atoms with E-state index >= 15 is 0 Å². The number of benzene rings is 1. The third-order valence-electron chi connectivity index (χ3n) is 2.82. The maximum atomic E-state index is 5.70. The van der Waals surface area contributed by atoms with Crippen LogP contribution in [0.15, 0.2) is 24.3 Å². The lowest BCUT2D eigenvalue weighted by molar-refractivity contribution is 0.141. The molecule has 1 rings (SSSR count). The number of nitrogens with one attached hydrogen (secondary N) is 1. The molecule has 0 fully saturated rings. The molecule has 4 heteroatoms. The zero-order chi connectivity index (χ0) is 14.1. The molecular weight excluding hydrogens is 240 g/mol. The first-order valence-corrected chi connectivity index (χ1v) is 6.97. The van der Waals surface area contributed by atoms with Crippen molar-refractivity contribution in [1.29, 1.82) is 0 Å². The van der Waals surface area contributed by atoms with Gasteiger partial charge in [0.2, 0.25) is 0 Å². The number of hydrogen-bond donors (Lipinski definition) is 2. The van der Waals surface area contributed by atoms with E-state index in [2.05, 4.69) is 11.5 Å². The Kier molecular flexibility index (Phi) is 7.48. The second-order valence-corrected chi connectivity index (χ2v) is 4.80. The summed E-state index contributed by atoms with van der Waals surface area (Å²) in [6.07, 6.45) is 2.11.